The van der Waals surface area contributed by atoms with Gasteiger partial charge in [0.1, 0.15) is 5.82 Å². The van der Waals surface area contributed by atoms with Crippen LogP contribution < -0.4 is 15.5 Å². The molecule has 5 heteroatoms. The fourth-order valence-corrected chi connectivity index (χ4v) is 2.84. The van der Waals surface area contributed by atoms with E-state index in [4.69, 9.17) is 0 Å². The van der Waals surface area contributed by atoms with Gasteiger partial charge in [-0.05, 0) is 42.3 Å². The number of aliphatic imine (C=N–C) groups is 1. The molecule has 0 fully saturated rings. The Balaban J connectivity index is 1.61. The molecule has 0 unspecified atom stereocenters. The fraction of sp³-hybridized carbons (Fsp3) is 0.286. The van der Waals surface area contributed by atoms with Gasteiger partial charge in [-0.2, -0.15) is 0 Å². The molecule has 0 saturated carbocycles. The van der Waals surface area contributed by atoms with Crippen molar-refractivity contribution in [1.82, 2.24) is 10.6 Å². The molecular formula is C21H25FN4. The van der Waals surface area contributed by atoms with Gasteiger partial charge >= 0.3 is 0 Å². The third kappa shape index (κ3) is 5.09. The Morgan fingerprint density at radius 2 is 1.81 bits per heavy atom. The van der Waals surface area contributed by atoms with E-state index < -0.39 is 0 Å². The predicted octanol–water partition coefficient (Wildman–Crippen LogP) is 3.46. The maximum Gasteiger partial charge on any atom is 0.191 e. The molecule has 0 atom stereocenters. The topological polar surface area (TPSA) is 39.7 Å². The van der Waals surface area contributed by atoms with Crippen LogP contribution in [0.1, 0.15) is 18.1 Å². The average molecular weight is 352 g/mol. The van der Waals surface area contributed by atoms with Gasteiger partial charge in [0.2, 0.25) is 0 Å². The Kier molecular flexibility index (Phi) is 6.25. The number of rotatable bonds is 6. The lowest BCUT2D eigenvalue weighted by Crippen LogP contribution is -2.36. The molecule has 2 aromatic carbocycles. The summed E-state index contributed by atoms with van der Waals surface area (Å²) in [7, 11) is 0. The normalized spacial score (nSPS) is 13.9. The highest BCUT2D eigenvalue weighted by molar-refractivity contribution is 5.79. The maximum atomic E-state index is 13.0. The molecule has 0 radical (unpaired) electrons. The van der Waals surface area contributed by atoms with E-state index in [1.165, 1.54) is 23.4 Å². The van der Waals surface area contributed by atoms with Gasteiger partial charge < -0.3 is 15.5 Å². The number of halogens is 1. The third-order valence-electron chi connectivity index (χ3n) is 4.23. The summed E-state index contributed by atoms with van der Waals surface area (Å²) in [6, 6.07) is 15.0. The van der Waals surface area contributed by atoms with Crippen LogP contribution in [-0.4, -0.2) is 25.6 Å². The zero-order chi connectivity index (χ0) is 18.2. The molecule has 0 aromatic heterocycles. The predicted molar refractivity (Wildman–Crippen MR) is 106 cm³/mol. The van der Waals surface area contributed by atoms with E-state index in [1.807, 2.05) is 6.92 Å². The number of hydrogen-bond acceptors (Lipinski definition) is 2. The lowest BCUT2D eigenvalue weighted by atomic mass is 10.2. The SMILES string of the molecule is CCNC(=NCc1cccc(N2CC=CC2)c1)NCc1ccc(F)cc1. The number of nitrogens with zero attached hydrogens (tertiary/aromatic N) is 2. The maximum absolute atomic E-state index is 13.0. The Morgan fingerprint density at radius 3 is 2.54 bits per heavy atom. The molecule has 2 N–H and O–H groups in total. The molecule has 1 aliphatic heterocycles. The van der Waals surface area contributed by atoms with Crippen molar-refractivity contribution in [2.75, 3.05) is 24.5 Å². The van der Waals surface area contributed by atoms with Gasteiger partial charge in [0.05, 0.1) is 6.54 Å². The third-order valence-corrected chi connectivity index (χ3v) is 4.23. The van der Waals surface area contributed by atoms with E-state index in [-0.39, 0.29) is 5.82 Å². The molecule has 1 aliphatic rings. The molecule has 4 nitrogen and oxygen atoms in total. The van der Waals surface area contributed by atoms with Crippen LogP contribution in [0.4, 0.5) is 10.1 Å². The van der Waals surface area contributed by atoms with E-state index in [2.05, 4.69) is 56.9 Å². The molecule has 0 amide bonds. The molecular weight excluding hydrogens is 327 g/mol. The zero-order valence-electron chi connectivity index (χ0n) is 15.1. The molecule has 1 heterocycles. The lowest BCUT2D eigenvalue weighted by Gasteiger charge is -2.18. The standard InChI is InChI=1S/C21H25FN4/c1-2-23-21(24-15-17-8-10-19(22)11-9-17)25-16-18-6-5-7-20(14-18)26-12-3-4-13-26/h3-11,14H,2,12-13,15-16H2,1H3,(H2,23,24,25). The van der Waals surface area contributed by atoms with Crippen molar-refractivity contribution in [3.05, 3.63) is 77.6 Å². The first-order valence-electron chi connectivity index (χ1n) is 9.00. The first kappa shape index (κ1) is 18.0. The van der Waals surface area contributed by atoms with Crippen LogP contribution in [0, 0.1) is 5.82 Å². The summed E-state index contributed by atoms with van der Waals surface area (Å²) >= 11 is 0. The van der Waals surface area contributed by atoms with Crippen molar-refractivity contribution in [2.45, 2.75) is 20.0 Å². The van der Waals surface area contributed by atoms with E-state index >= 15 is 0 Å². The van der Waals surface area contributed by atoms with Gasteiger partial charge in [-0.25, -0.2) is 9.38 Å². The summed E-state index contributed by atoms with van der Waals surface area (Å²) in [5.41, 5.74) is 3.42. The van der Waals surface area contributed by atoms with Crippen molar-refractivity contribution >= 4 is 11.6 Å². The summed E-state index contributed by atoms with van der Waals surface area (Å²) in [6.07, 6.45) is 4.38. The van der Waals surface area contributed by atoms with Crippen molar-refractivity contribution in [2.24, 2.45) is 4.99 Å². The summed E-state index contributed by atoms with van der Waals surface area (Å²) in [5, 5.41) is 6.54. The number of hydrogen-bond donors (Lipinski definition) is 2. The van der Waals surface area contributed by atoms with Crippen molar-refractivity contribution in [3.63, 3.8) is 0 Å². The van der Waals surface area contributed by atoms with Crippen LogP contribution in [0.5, 0.6) is 0 Å². The molecule has 0 bridgehead atoms. The smallest absolute Gasteiger partial charge is 0.191 e. The highest BCUT2D eigenvalue weighted by Gasteiger charge is 2.07. The second kappa shape index (κ2) is 9.04. The van der Waals surface area contributed by atoms with Gasteiger partial charge in [0.25, 0.3) is 0 Å². The highest BCUT2D eigenvalue weighted by Crippen LogP contribution is 2.18. The number of benzene rings is 2. The van der Waals surface area contributed by atoms with Gasteiger partial charge in [0, 0.05) is 31.9 Å². The van der Waals surface area contributed by atoms with Crippen LogP contribution >= 0.6 is 0 Å². The monoisotopic (exact) mass is 352 g/mol. The van der Waals surface area contributed by atoms with E-state index in [0.29, 0.717) is 13.1 Å². The minimum absolute atomic E-state index is 0.220. The second-order valence-corrected chi connectivity index (χ2v) is 6.22. The fourth-order valence-electron chi connectivity index (χ4n) is 2.84. The molecule has 0 saturated heterocycles. The van der Waals surface area contributed by atoms with Gasteiger partial charge in [-0.15, -0.1) is 0 Å². The molecule has 2 aromatic rings. The van der Waals surface area contributed by atoms with Crippen LogP contribution in [-0.2, 0) is 13.1 Å². The number of anilines is 1. The van der Waals surface area contributed by atoms with Gasteiger partial charge in [-0.3, -0.25) is 0 Å². The summed E-state index contributed by atoms with van der Waals surface area (Å²) in [6.45, 7) is 5.97. The largest absolute Gasteiger partial charge is 0.364 e. The molecule has 0 spiro atoms. The van der Waals surface area contributed by atoms with Crippen molar-refractivity contribution in [3.8, 4) is 0 Å². The quantitative estimate of drug-likeness (QED) is 0.475. The number of guanidine groups is 1. The van der Waals surface area contributed by atoms with Gasteiger partial charge in [0.15, 0.2) is 5.96 Å². The number of nitrogens with one attached hydrogen (secondary N) is 2. The van der Waals surface area contributed by atoms with Crippen LogP contribution in [0.2, 0.25) is 0 Å². The molecule has 136 valence electrons. The Bertz CT molecular complexity index is 760. The van der Waals surface area contributed by atoms with E-state index in [1.54, 1.807) is 12.1 Å². The Labute approximate surface area is 154 Å². The summed E-state index contributed by atoms with van der Waals surface area (Å²) in [4.78, 5) is 6.99. The molecule has 3 rings (SSSR count). The Morgan fingerprint density at radius 1 is 1.04 bits per heavy atom. The molecule has 26 heavy (non-hydrogen) atoms. The Hall–Kier alpha value is -2.82. The van der Waals surface area contributed by atoms with Gasteiger partial charge in [-0.1, -0.05) is 36.4 Å². The van der Waals surface area contributed by atoms with Crippen LogP contribution in [0.3, 0.4) is 0 Å². The highest BCUT2D eigenvalue weighted by atomic mass is 19.1. The zero-order valence-corrected chi connectivity index (χ0v) is 15.1. The first-order chi connectivity index (χ1) is 12.7. The van der Waals surface area contributed by atoms with E-state index in [0.717, 1.165) is 31.2 Å². The lowest BCUT2D eigenvalue weighted by molar-refractivity contribution is 0.626. The van der Waals surface area contributed by atoms with E-state index in [9.17, 15) is 4.39 Å². The van der Waals surface area contributed by atoms with Crippen molar-refractivity contribution in [1.29, 1.82) is 0 Å². The summed E-state index contributed by atoms with van der Waals surface area (Å²) < 4.78 is 13.0. The summed E-state index contributed by atoms with van der Waals surface area (Å²) in [5.74, 6) is 0.535. The average Bonchev–Trinajstić information content (AvgIpc) is 3.20. The van der Waals surface area contributed by atoms with Crippen LogP contribution in [0.15, 0.2) is 65.7 Å². The second-order valence-electron chi connectivity index (χ2n) is 6.22. The molecule has 0 aliphatic carbocycles. The van der Waals surface area contributed by atoms with Crippen molar-refractivity contribution < 1.29 is 4.39 Å². The minimum atomic E-state index is -0.220. The van der Waals surface area contributed by atoms with Crippen LogP contribution in [0.25, 0.3) is 0 Å². The minimum Gasteiger partial charge on any atom is -0.364 e. The first-order valence-corrected chi connectivity index (χ1v) is 9.00.